The van der Waals surface area contributed by atoms with Crippen LogP contribution < -0.4 is 9.47 Å². The van der Waals surface area contributed by atoms with Crippen molar-refractivity contribution in [3.05, 3.63) is 23.8 Å². The number of hydrogen-bond acceptors (Lipinski definition) is 3. The number of rotatable bonds is 4. The third-order valence-corrected chi connectivity index (χ3v) is 4.41. The molecule has 0 bridgehead atoms. The normalized spacial score (nSPS) is 27.9. The van der Waals surface area contributed by atoms with Crippen LogP contribution in [-0.2, 0) is 0 Å². The molecule has 20 heavy (non-hydrogen) atoms. The van der Waals surface area contributed by atoms with Gasteiger partial charge in [0.05, 0.1) is 20.3 Å². The van der Waals surface area contributed by atoms with Gasteiger partial charge in [0.15, 0.2) is 11.5 Å². The highest BCUT2D eigenvalue weighted by Gasteiger charge is 2.30. The van der Waals surface area contributed by atoms with Crippen molar-refractivity contribution >= 4 is 0 Å². The summed E-state index contributed by atoms with van der Waals surface area (Å²) in [6.45, 7) is 4.56. The zero-order valence-corrected chi connectivity index (χ0v) is 12.9. The third-order valence-electron chi connectivity index (χ3n) is 4.41. The molecule has 0 aromatic heterocycles. The Labute approximate surface area is 121 Å². The summed E-state index contributed by atoms with van der Waals surface area (Å²) in [7, 11) is 3.25. The molecule has 3 nitrogen and oxygen atoms in total. The van der Waals surface area contributed by atoms with Crippen molar-refractivity contribution in [2.45, 2.75) is 39.2 Å². The lowest BCUT2D eigenvalue weighted by Gasteiger charge is -2.34. The molecule has 112 valence electrons. The van der Waals surface area contributed by atoms with E-state index in [1.54, 1.807) is 14.2 Å². The highest BCUT2D eigenvalue weighted by Crippen LogP contribution is 2.41. The first kappa shape index (κ1) is 15.2. The van der Waals surface area contributed by atoms with Gasteiger partial charge in [-0.2, -0.15) is 0 Å². The Hall–Kier alpha value is -1.22. The van der Waals surface area contributed by atoms with Crippen LogP contribution in [0.3, 0.4) is 0 Å². The predicted molar refractivity (Wildman–Crippen MR) is 80.2 cm³/mol. The quantitative estimate of drug-likeness (QED) is 0.910. The summed E-state index contributed by atoms with van der Waals surface area (Å²) in [5, 5.41) is 10.7. The number of ether oxygens (including phenoxy) is 2. The minimum atomic E-state index is -0.417. The number of benzene rings is 1. The molecular formula is C17H26O3. The van der Waals surface area contributed by atoms with Gasteiger partial charge in [-0.05, 0) is 54.7 Å². The highest BCUT2D eigenvalue weighted by atomic mass is 16.5. The van der Waals surface area contributed by atoms with Crippen LogP contribution in [-0.4, -0.2) is 19.3 Å². The number of methoxy groups -OCH3 is 2. The van der Waals surface area contributed by atoms with Crippen LogP contribution in [0.1, 0.15) is 44.8 Å². The molecule has 3 unspecified atom stereocenters. The summed E-state index contributed by atoms with van der Waals surface area (Å²) in [4.78, 5) is 0. The highest BCUT2D eigenvalue weighted by molar-refractivity contribution is 5.43. The van der Waals surface area contributed by atoms with Gasteiger partial charge < -0.3 is 14.6 Å². The van der Waals surface area contributed by atoms with Gasteiger partial charge in [-0.25, -0.2) is 0 Å². The second-order valence-corrected chi connectivity index (χ2v) is 6.24. The summed E-state index contributed by atoms with van der Waals surface area (Å²) < 4.78 is 10.6. The maximum absolute atomic E-state index is 10.7. The molecule has 1 N–H and O–H groups in total. The summed E-state index contributed by atoms with van der Waals surface area (Å²) in [6, 6.07) is 5.70. The fourth-order valence-electron chi connectivity index (χ4n) is 3.58. The minimum Gasteiger partial charge on any atom is -0.493 e. The van der Waals surface area contributed by atoms with E-state index in [0.29, 0.717) is 29.3 Å². The van der Waals surface area contributed by atoms with Crippen LogP contribution >= 0.6 is 0 Å². The minimum absolute atomic E-state index is 0.340. The zero-order chi connectivity index (χ0) is 14.7. The van der Waals surface area contributed by atoms with E-state index in [1.807, 2.05) is 18.2 Å². The second-order valence-electron chi connectivity index (χ2n) is 6.24. The van der Waals surface area contributed by atoms with Crippen LogP contribution in [0.25, 0.3) is 0 Å². The molecular weight excluding hydrogens is 252 g/mol. The van der Waals surface area contributed by atoms with Gasteiger partial charge in [0.2, 0.25) is 0 Å². The maximum Gasteiger partial charge on any atom is 0.161 e. The average molecular weight is 278 g/mol. The molecule has 0 spiro atoms. The number of hydrogen-bond donors (Lipinski definition) is 1. The average Bonchev–Trinajstić information content (AvgIpc) is 2.44. The molecule has 3 heteroatoms. The zero-order valence-electron chi connectivity index (χ0n) is 12.9. The van der Waals surface area contributed by atoms with Gasteiger partial charge in [-0.3, -0.25) is 0 Å². The van der Waals surface area contributed by atoms with Gasteiger partial charge in [-0.1, -0.05) is 19.9 Å². The molecule has 1 aliphatic rings. The first-order chi connectivity index (χ1) is 9.55. The Morgan fingerprint density at radius 3 is 2.15 bits per heavy atom. The molecule has 1 saturated carbocycles. The molecule has 1 aliphatic carbocycles. The first-order valence-electron chi connectivity index (χ1n) is 7.45. The molecule has 0 saturated heterocycles. The maximum atomic E-state index is 10.7. The van der Waals surface area contributed by atoms with Gasteiger partial charge in [0, 0.05) is 0 Å². The third kappa shape index (κ3) is 3.26. The Morgan fingerprint density at radius 1 is 1.00 bits per heavy atom. The smallest absolute Gasteiger partial charge is 0.161 e. The fourth-order valence-corrected chi connectivity index (χ4v) is 3.58. The first-order valence-corrected chi connectivity index (χ1v) is 7.45. The van der Waals surface area contributed by atoms with Crippen molar-refractivity contribution in [3.8, 4) is 11.5 Å². The Bertz CT molecular complexity index is 434. The van der Waals surface area contributed by atoms with Crippen molar-refractivity contribution in [3.63, 3.8) is 0 Å². The van der Waals surface area contributed by atoms with Gasteiger partial charge in [0.25, 0.3) is 0 Å². The predicted octanol–water partition coefficient (Wildman–Crippen LogP) is 3.81. The summed E-state index contributed by atoms with van der Waals surface area (Å²) >= 11 is 0. The molecule has 1 aromatic carbocycles. The largest absolute Gasteiger partial charge is 0.493 e. The standard InChI is InChI=1S/C17H26O3/c1-11-7-12(2)9-14(8-11)17(18)13-5-6-15(19-3)16(10-13)20-4/h5-6,10-12,14,17-18H,7-9H2,1-4H3. The molecule has 0 heterocycles. The van der Waals surface area contributed by atoms with Crippen LogP contribution in [0.4, 0.5) is 0 Å². The molecule has 0 amide bonds. The number of aliphatic hydroxyl groups is 1. The summed E-state index contributed by atoms with van der Waals surface area (Å²) in [5.41, 5.74) is 0.925. The van der Waals surface area contributed by atoms with E-state index >= 15 is 0 Å². The Morgan fingerprint density at radius 2 is 1.60 bits per heavy atom. The Balaban J connectivity index is 2.18. The summed E-state index contributed by atoms with van der Waals surface area (Å²) in [6.07, 6.45) is 3.05. The van der Waals surface area contributed by atoms with E-state index in [-0.39, 0.29) is 0 Å². The van der Waals surface area contributed by atoms with E-state index in [4.69, 9.17) is 9.47 Å². The topological polar surface area (TPSA) is 38.7 Å². The van der Waals surface area contributed by atoms with Gasteiger partial charge >= 0.3 is 0 Å². The van der Waals surface area contributed by atoms with Crippen LogP contribution in [0.15, 0.2) is 18.2 Å². The molecule has 2 rings (SSSR count). The lowest BCUT2D eigenvalue weighted by atomic mass is 9.73. The van der Waals surface area contributed by atoms with E-state index in [0.717, 1.165) is 18.4 Å². The fraction of sp³-hybridized carbons (Fsp3) is 0.647. The van der Waals surface area contributed by atoms with E-state index in [9.17, 15) is 5.11 Å². The number of aliphatic hydroxyl groups excluding tert-OH is 1. The van der Waals surface area contributed by atoms with E-state index in [2.05, 4.69) is 13.8 Å². The van der Waals surface area contributed by atoms with E-state index < -0.39 is 6.10 Å². The summed E-state index contributed by atoms with van der Waals surface area (Å²) in [5.74, 6) is 3.11. The van der Waals surface area contributed by atoms with Crippen LogP contribution in [0, 0.1) is 17.8 Å². The molecule has 0 aliphatic heterocycles. The van der Waals surface area contributed by atoms with Crippen molar-refractivity contribution in [2.75, 3.05) is 14.2 Å². The SMILES string of the molecule is COc1ccc(C(O)C2CC(C)CC(C)C2)cc1OC. The lowest BCUT2D eigenvalue weighted by molar-refractivity contribution is 0.0550. The monoisotopic (exact) mass is 278 g/mol. The second kappa shape index (κ2) is 6.49. The van der Waals surface area contributed by atoms with Crippen molar-refractivity contribution in [1.82, 2.24) is 0 Å². The van der Waals surface area contributed by atoms with Gasteiger partial charge in [-0.15, -0.1) is 0 Å². The molecule has 1 fully saturated rings. The lowest BCUT2D eigenvalue weighted by Crippen LogP contribution is -2.24. The van der Waals surface area contributed by atoms with Crippen LogP contribution in [0.5, 0.6) is 11.5 Å². The van der Waals surface area contributed by atoms with Crippen molar-refractivity contribution < 1.29 is 14.6 Å². The molecule has 3 atom stereocenters. The Kier molecular flexibility index (Phi) is 4.92. The van der Waals surface area contributed by atoms with Crippen molar-refractivity contribution in [2.24, 2.45) is 17.8 Å². The molecule has 1 aromatic rings. The van der Waals surface area contributed by atoms with Gasteiger partial charge in [0.1, 0.15) is 0 Å². The molecule has 0 radical (unpaired) electrons. The van der Waals surface area contributed by atoms with Crippen molar-refractivity contribution in [1.29, 1.82) is 0 Å². The van der Waals surface area contributed by atoms with E-state index in [1.165, 1.54) is 6.42 Å². The van der Waals surface area contributed by atoms with Crippen LogP contribution in [0.2, 0.25) is 0 Å².